The van der Waals surface area contributed by atoms with Gasteiger partial charge < -0.3 is 14.2 Å². The minimum absolute atomic E-state index is 0.0300. The van der Waals surface area contributed by atoms with Crippen LogP contribution in [0.1, 0.15) is 0 Å². The summed E-state index contributed by atoms with van der Waals surface area (Å²) in [5.74, 6) is 1.40. The lowest BCUT2D eigenvalue weighted by atomic mass is 10.3. The van der Waals surface area contributed by atoms with Crippen molar-refractivity contribution in [1.82, 2.24) is 0 Å². The van der Waals surface area contributed by atoms with E-state index in [9.17, 15) is 8.42 Å². The van der Waals surface area contributed by atoms with Crippen molar-refractivity contribution in [3.05, 3.63) is 70.2 Å². The molecule has 0 radical (unpaired) electrons. The SMILES string of the molecule is COc1ccccc1Oc1ccc(Cl)cc1NS(=O)(=O)c1cc(Br)ccc1OC. The van der Waals surface area contributed by atoms with Gasteiger partial charge in [-0.15, -0.1) is 0 Å². The van der Waals surface area contributed by atoms with Crippen molar-refractivity contribution in [3.8, 4) is 23.0 Å². The van der Waals surface area contributed by atoms with Gasteiger partial charge in [-0.25, -0.2) is 8.42 Å². The Morgan fingerprint density at radius 3 is 2.21 bits per heavy atom. The maximum atomic E-state index is 13.0. The molecular formula is C20H17BrClNO5S. The molecular weight excluding hydrogens is 482 g/mol. The summed E-state index contributed by atoms with van der Waals surface area (Å²) in [5, 5.41) is 0.344. The molecule has 0 aliphatic heterocycles. The quantitative estimate of drug-likeness (QED) is 0.451. The fraction of sp³-hybridized carbons (Fsp3) is 0.100. The number of sulfonamides is 1. The minimum atomic E-state index is -4.00. The Bertz CT molecular complexity index is 1140. The van der Waals surface area contributed by atoms with Crippen molar-refractivity contribution < 1.29 is 22.6 Å². The predicted octanol–water partition coefficient (Wildman–Crippen LogP) is 5.71. The lowest BCUT2D eigenvalue weighted by Crippen LogP contribution is -2.14. The topological polar surface area (TPSA) is 73.9 Å². The monoisotopic (exact) mass is 497 g/mol. The van der Waals surface area contributed by atoms with Gasteiger partial charge in [0.25, 0.3) is 10.0 Å². The Kier molecular flexibility index (Phi) is 6.56. The molecule has 152 valence electrons. The van der Waals surface area contributed by atoms with E-state index in [0.717, 1.165) is 0 Å². The Morgan fingerprint density at radius 2 is 1.52 bits per heavy atom. The number of nitrogens with one attached hydrogen (secondary N) is 1. The summed E-state index contributed by atoms with van der Waals surface area (Å²) in [7, 11) is -1.08. The van der Waals surface area contributed by atoms with E-state index >= 15 is 0 Å². The number of ether oxygens (including phenoxy) is 3. The van der Waals surface area contributed by atoms with Crippen LogP contribution in [0.3, 0.4) is 0 Å². The average molecular weight is 499 g/mol. The van der Waals surface area contributed by atoms with Crippen LogP contribution in [0.15, 0.2) is 70.0 Å². The second kappa shape index (κ2) is 8.94. The molecule has 3 aromatic rings. The minimum Gasteiger partial charge on any atom is -0.495 e. The standard InChI is InChI=1S/C20H17BrClNO5S/c1-26-17-5-3-4-6-18(17)28-16-10-8-14(22)12-15(16)23-29(24,25)20-11-13(21)7-9-19(20)27-2/h3-12,23H,1-2H3. The number of rotatable bonds is 7. The third kappa shape index (κ3) is 4.95. The highest BCUT2D eigenvalue weighted by Gasteiger charge is 2.22. The van der Waals surface area contributed by atoms with E-state index in [0.29, 0.717) is 21.0 Å². The predicted molar refractivity (Wildman–Crippen MR) is 116 cm³/mol. The first kappa shape index (κ1) is 21.3. The van der Waals surface area contributed by atoms with Gasteiger partial charge in [-0.05, 0) is 48.5 Å². The van der Waals surface area contributed by atoms with Crippen LogP contribution < -0.4 is 18.9 Å². The van der Waals surface area contributed by atoms with Crippen LogP contribution in [0.5, 0.6) is 23.0 Å². The normalized spacial score (nSPS) is 11.0. The van der Waals surface area contributed by atoms with Gasteiger partial charge in [0.1, 0.15) is 10.6 Å². The maximum Gasteiger partial charge on any atom is 0.265 e. The third-order valence-corrected chi connectivity index (χ3v) is 6.01. The molecule has 3 aromatic carbocycles. The highest BCUT2D eigenvalue weighted by molar-refractivity contribution is 9.10. The molecule has 0 bridgehead atoms. The highest BCUT2D eigenvalue weighted by Crippen LogP contribution is 2.38. The van der Waals surface area contributed by atoms with Crippen molar-refractivity contribution in [1.29, 1.82) is 0 Å². The Hall–Kier alpha value is -2.42. The number of hydrogen-bond acceptors (Lipinski definition) is 5. The first-order chi connectivity index (χ1) is 13.8. The van der Waals surface area contributed by atoms with Gasteiger partial charge in [0.2, 0.25) is 0 Å². The summed E-state index contributed by atoms with van der Waals surface area (Å²) in [5.41, 5.74) is 0.172. The van der Waals surface area contributed by atoms with Gasteiger partial charge in [0.05, 0.1) is 19.9 Å². The third-order valence-electron chi connectivity index (χ3n) is 3.89. The molecule has 0 atom stereocenters. The summed E-state index contributed by atoms with van der Waals surface area (Å²) in [6.07, 6.45) is 0. The molecule has 9 heteroatoms. The average Bonchev–Trinajstić information content (AvgIpc) is 2.70. The zero-order chi connectivity index (χ0) is 21.0. The molecule has 1 N–H and O–H groups in total. The number of para-hydroxylation sites is 2. The van der Waals surface area contributed by atoms with Crippen LogP contribution in [0.25, 0.3) is 0 Å². The molecule has 0 fully saturated rings. The number of halogens is 2. The van der Waals surface area contributed by atoms with Crippen molar-refractivity contribution >= 4 is 43.2 Å². The molecule has 3 rings (SSSR count). The van der Waals surface area contributed by atoms with E-state index in [1.54, 1.807) is 48.5 Å². The summed E-state index contributed by atoms with van der Waals surface area (Å²) in [6, 6.07) is 16.4. The van der Waals surface area contributed by atoms with Crippen LogP contribution in [0, 0.1) is 0 Å². The molecule has 0 saturated carbocycles. The van der Waals surface area contributed by atoms with Crippen LogP contribution in [0.4, 0.5) is 5.69 Å². The smallest absolute Gasteiger partial charge is 0.265 e. The fourth-order valence-electron chi connectivity index (χ4n) is 2.55. The molecule has 0 amide bonds. The molecule has 29 heavy (non-hydrogen) atoms. The van der Waals surface area contributed by atoms with Gasteiger partial charge in [-0.3, -0.25) is 4.72 Å². The summed E-state index contributed by atoms with van der Waals surface area (Å²) in [6.45, 7) is 0. The lowest BCUT2D eigenvalue weighted by molar-refractivity contribution is 0.379. The number of benzene rings is 3. The summed E-state index contributed by atoms with van der Waals surface area (Å²) < 4.78 is 45.6. The van der Waals surface area contributed by atoms with Crippen LogP contribution >= 0.6 is 27.5 Å². The maximum absolute atomic E-state index is 13.0. The van der Waals surface area contributed by atoms with Crippen molar-refractivity contribution in [3.63, 3.8) is 0 Å². The summed E-state index contributed by atoms with van der Waals surface area (Å²) >= 11 is 9.37. The molecule has 0 aliphatic rings. The van der Waals surface area contributed by atoms with E-state index in [-0.39, 0.29) is 22.1 Å². The molecule has 6 nitrogen and oxygen atoms in total. The van der Waals surface area contributed by atoms with E-state index in [1.165, 1.54) is 26.4 Å². The van der Waals surface area contributed by atoms with Gasteiger partial charge >= 0.3 is 0 Å². The van der Waals surface area contributed by atoms with E-state index in [4.69, 9.17) is 25.8 Å². The molecule has 0 aromatic heterocycles. The first-order valence-electron chi connectivity index (χ1n) is 8.31. The van der Waals surface area contributed by atoms with Gasteiger partial charge in [0, 0.05) is 9.50 Å². The Morgan fingerprint density at radius 1 is 0.862 bits per heavy atom. The van der Waals surface area contributed by atoms with Crippen molar-refractivity contribution in [2.45, 2.75) is 4.90 Å². The van der Waals surface area contributed by atoms with Crippen LogP contribution in [-0.2, 0) is 10.0 Å². The van der Waals surface area contributed by atoms with Crippen molar-refractivity contribution in [2.24, 2.45) is 0 Å². The van der Waals surface area contributed by atoms with Crippen LogP contribution in [-0.4, -0.2) is 22.6 Å². The first-order valence-corrected chi connectivity index (χ1v) is 11.0. The number of methoxy groups -OCH3 is 2. The number of hydrogen-bond donors (Lipinski definition) is 1. The van der Waals surface area contributed by atoms with Crippen LogP contribution in [0.2, 0.25) is 5.02 Å². The Balaban J connectivity index is 2.01. The van der Waals surface area contributed by atoms with E-state index in [1.807, 2.05) is 0 Å². The summed E-state index contributed by atoms with van der Waals surface area (Å²) in [4.78, 5) is -0.0300. The van der Waals surface area contributed by atoms with Gasteiger partial charge in [-0.1, -0.05) is 39.7 Å². The van der Waals surface area contributed by atoms with Crippen molar-refractivity contribution in [2.75, 3.05) is 18.9 Å². The second-order valence-corrected chi connectivity index (χ2v) is 8.80. The zero-order valence-corrected chi connectivity index (χ0v) is 18.6. The molecule has 0 unspecified atom stereocenters. The molecule has 0 saturated heterocycles. The second-order valence-electron chi connectivity index (χ2n) is 5.79. The van der Waals surface area contributed by atoms with E-state index < -0.39 is 10.0 Å². The molecule has 0 spiro atoms. The van der Waals surface area contributed by atoms with Gasteiger partial charge in [0.15, 0.2) is 17.2 Å². The fourth-order valence-corrected chi connectivity index (χ4v) is 4.49. The zero-order valence-electron chi connectivity index (χ0n) is 15.5. The molecule has 0 heterocycles. The molecule has 0 aliphatic carbocycles. The van der Waals surface area contributed by atoms with E-state index in [2.05, 4.69) is 20.7 Å². The highest BCUT2D eigenvalue weighted by atomic mass is 79.9. The lowest BCUT2D eigenvalue weighted by Gasteiger charge is -2.16. The number of anilines is 1. The van der Waals surface area contributed by atoms with Gasteiger partial charge in [-0.2, -0.15) is 0 Å². The largest absolute Gasteiger partial charge is 0.495 e. The Labute approximate surface area is 182 Å².